The summed E-state index contributed by atoms with van der Waals surface area (Å²) in [6.07, 6.45) is 2.12. The van der Waals surface area contributed by atoms with Crippen LogP contribution >= 0.6 is 11.6 Å². The van der Waals surface area contributed by atoms with Gasteiger partial charge in [0.25, 0.3) is 0 Å². The van der Waals surface area contributed by atoms with Gasteiger partial charge in [0.2, 0.25) is 0 Å². The second-order valence-electron chi connectivity index (χ2n) is 8.48. The zero-order valence-electron chi connectivity index (χ0n) is 19.4. The lowest BCUT2D eigenvalue weighted by atomic mass is 10.1. The molecule has 3 aromatic rings. The molecule has 1 fully saturated rings. The lowest BCUT2D eigenvalue weighted by Gasteiger charge is -2.35. The Hall–Kier alpha value is -2.49. The molecule has 2 aromatic carbocycles. The Kier molecular flexibility index (Phi) is 7.54. The van der Waals surface area contributed by atoms with E-state index in [9.17, 15) is 12.8 Å². The molecular formula is C24H29ClFN5O2S. The zero-order chi connectivity index (χ0) is 24.3. The number of aromatic nitrogens is 3. The Morgan fingerprint density at radius 3 is 2.56 bits per heavy atom. The van der Waals surface area contributed by atoms with Crippen molar-refractivity contribution >= 4 is 27.1 Å². The Balaban J connectivity index is 1.60. The van der Waals surface area contributed by atoms with Crippen LogP contribution in [0.15, 0.2) is 42.6 Å². The van der Waals surface area contributed by atoms with Crippen molar-refractivity contribution in [1.29, 1.82) is 0 Å². The molecule has 7 nitrogen and oxygen atoms in total. The van der Waals surface area contributed by atoms with E-state index in [4.69, 9.17) is 11.6 Å². The molecule has 10 heteroatoms. The van der Waals surface area contributed by atoms with E-state index in [0.717, 1.165) is 44.0 Å². The first-order valence-electron chi connectivity index (χ1n) is 11.5. The Morgan fingerprint density at radius 1 is 1.09 bits per heavy atom. The van der Waals surface area contributed by atoms with Gasteiger partial charge in [-0.3, -0.25) is 0 Å². The summed E-state index contributed by atoms with van der Waals surface area (Å²) in [4.78, 5) is 4.77. The molecule has 0 bridgehead atoms. The van der Waals surface area contributed by atoms with Gasteiger partial charge >= 0.3 is 0 Å². The SMILES string of the molecule is CCCS(=O)(=O)Cc1ccc(F)c(-n2cc(-c3cccc(N4CCN(CC)CC4)c3)nn2)c1Cl. The highest BCUT2D eigenvalue weighted by atomic mass is 35.5. The van der Waals surface area contributed by atoms with Gasteiger partial charge in [-0.1, -0.05) is 48.9 Å². The first-order valence-corrected chi connectivity index (χ1v) is 13.7. The van der Waals surface area contributed by atoms with Crippen LogP contribution in [0, 0.1) is 5.82 Å². The van der Waals surface area contributed by atoms with E-state index < -0.39 is 15.7 Å². The van der Waals surface area contributed by atoms with E-state index >= 15 is 0 Å². The van der Waals surface area contributed by atoms with Crippen LogP contribution in [-0.4, -0.2) is 66.8 Å². The summed E-state index contributed by atoms with van der Waals surface area (Å²) < 4.78 is 40.6. The molecule has 1 aliphatic heterocycles. The fourth-order valence-electron chi connectivity index (χ4n) is 4.21. The van der Waals surface area contributed by atoms with E-state index in [1.54, 1.807) is 13.1 Å². The summed E-state index contributed by atoms with van der Waals surface area (Å²) in [5.41, 5.74) is 2.89. The lowest BCUT2D eigenvalue weighted by Crippen LogP contribution is -2.46. The topological polar surface area (TPSA) is 71.3 Å². The number of hydrogen-bond acceptors (Lipinski definition) is 6. The third kappa shape index (κ3) is 5.42. The van der Waals surface area contributed by atoms with Gasteiger partial charge in [-0.2, -0.15) is 0 Å². The van der Waals surface area contributed by atoms with Crippen molar-refractivity contribution in [3.8, 4) is 16.9 Å². The normalized spacial score (nSPS) is 15.1. The Bertz CT molecular complexity index is 1260. The molecule has 182 valence electrons. The van der Waals surface area contributed by atoms with E-state index in [1.165, 1.54) is 16.8 Å². The Labute approximate surface area is 205 Å². The second kappa shape index (κ2) is 10.4. The molecule has 0 spiro atoms. The van der Waals surface area contributed by atoms with Crippen LogP contribution in [0.5, 0.6) is 0 Å². The van der Waals surface area contributed by atoms with E-state index in [2.05, 4.69) is 39.2 Å². The number of hydrogen-bond donors (Lipinski definition) is 0. The average molecular weight is 506 g/mol. The maximum atomic E-state index is 14.7. The number of sulfone groups is 1. The molecule has 0 radical (unpaired) electrons. The van der Waals surface area contributed by atoms with Gasteiger partial charge in [0.05, 0.1) is 22.7 Å². The predicted octanol–water partition coefficient (Wildman–Crippen LogP) is 4.19. The summed E-state index contributed by atoms with van der Waals surface area (Å²) in [5.74, 6) is -0.796. The molecule has 0 saturated carbocycles. The van der Waals surface area contributed by atoms with Crippen molar-refractivity contribution in [1.82, 2.24) is 19.9 Å². The smallest absolute Gasteiger partial charge is 0.154 e. The maximum Gasteiger partial charge on any atom is 0.154 e. The van der Waals surface area contributed by atoms with Gasteiger partial charge < -0.3 is 9.80 Å². The van der Waals surface area contributed by atoms with Crippen LogP contribution in [0.4, 0.5) is 10.1 Å². The first kappa shape index (κ1) is 24.6. The van der Waals surface area contributed by atoms with Crippen molar-refractivity contribution in [2.24, 2.45) is 0 Å². The highest BCUT2D eigenvalue weighted by Crippen LogP contribution is 2.30. The zero-order valence-corrected chi connectivity index (χ0v) is 21.0. The van der Waals surface area contributed by atoms with Gasteiger partial charge in [-0.15, -0.1) is 5.10 Å². The van der Waals surface area contributed by atoms with E-state index in [-0.39, 0.29) is 22.2 Å². The molecule has 1 saturated heterocycles. The molecule has 0 atom stereocenters. The molecule has 0 amide bonds. The van der Waals surface area contributed by atoms with Gasteiger partial charge in [0, 0.05) is 37.4 Å². The fraction of sp³-hybridized carbons (Fsp3) is 0.417. The number of piperazine rings is 1. The first-order chi connectivity index (χ1) is 16.3. The molecule has 0 unspecified atom stereocenters. The number of likely N-dealkylation sites (N-methyl/N-ethyl adjacent to an activating group) is 1. The fourth-order valence-corrected chi connectivity index (χ4v) is 6.08. The third-order valence-electron chi connectivity index (χ3n) is 6.09. The van der Waals surface area contributed by atoms with Crippen LogP contribution in [-0.2, 0) is 15.6 Å². The van der Waals surface area contributed by atoms with Crippen molar-refractivity contribution in [2.45, 2.75) is 26.0 Å². The second-order valence-corrected chi connectivity index (χ2v) is 11.0. The van der Waals surface area contributed by atoms with Crippen molar-refractivity contribution in [2.75, 3.05) is 43.4 Å². The monoisotopic (exact) mass is 505 g/mol. The minimum atomic E-state index is -3.34. The van der Waals surface area contributed by atoms with Gasteiger partial charge in [0.1, 0.15) is 17.2 Å². The number of rotatable bonds is 8. The molecule has 1 aromatic heterocycles. The van der Waals surface area contributed by atoms with E-state index in [0.29, 0.717) is 17.7 Å². The summed E-state index contributed by atoms with van der Waals surface area (Å²) in [7, 11) is -3.34. The molecule has 4 rings (SSSR count). The van der Waals surface area contributed by atoms with Crippen molar-refractivity contribution < 1.29 is 12.8 Å². The minimum Gasteiger partial charge on any atom is -0.369 e. The number of halogens is 2. The number of nitrogens with zero attached hydrogens (tertiary/aromatic N) is 5. The molecule has 1 aliphatic rings. The minimum absolute atomic E-state index is 0.00328. The number of benzene rings is 2. The predicted molar refractivity (Wildman–Crippen MR) is 134 cm³/mol. The largest absolute Gasteiger partial charge is 0.369 e. The highest BCUT2D eigenvalue weighted by Gasteiger charge is 2.21. The van der Waals surface area contributed by atoms with Crippen LogP contribution < -0.4 is 4.90 Å². The highest BCUT2D eigenvalue weighted by molar-refractivity contribution is 7.90. The number of anilines is 1. The van der Waals surface area contributed by atoms with E-state index in [1.807, 2.05) is 12.1 Å². The summed E-state index contributed by atoms with van der Waals surface area (Å²) >= 11 is 6.46. The van der Waals surface area contributed by atoms with Crippen LogP contribution in [0.2, 0.25) is 5.02 Å². The summed E-state index contributed by atoms with van der Waals surface area (Å²) in [5, 5.41) is 8.35. The lowest BCUT2D eigenvalue weighted by molar-refractivity contribution is 0.271. The van der Waals surface area contributed by atoms with Gasteiger partial charge in [0.15, 0.2) is 9.84 Å². The quantitative estimate of drug-likeness (QED) is 0.457. The maximum absolute atomic E-state index is 14.7. The third-order valence-corrected chi connectivity index (χ3v) is 8.29. The van der Waals surface area contributed by atoms with Crippen molar-refractivity contribution in [3.63, 3.8) is 0 Å². The van der Waals surface area contributed by atoms with Gasteiger partial charge in [-0.25, -0.2) is 17.5 Å². The summed E-state index contributed by atoms with van der Waals surface area (Å²) in [6, 6.07) is 10.7. The molecule has 0 aliphatic carbocycles. The molecule has 2 heterocycles. The average Bonchev–Trinajstić information content (AvgIpc) is 3.31. The van der Waals surface area contributed by atoms with Gasteiger partial charge in [-0.05, 0) is 36.7 Å². The summed E-state index contributed by atoms with van der Waals surface area (Å²) in [6.45, 7) is 9.00. The Morgan fingerprint density at radius 2 is 1.85 bits per heavy atom. The standard InChI is InChI=1S/C24H29ClFN5O2S/c1-3-14-34(32,33)17-19-8-9-21(26)24(23(19)25)31-16-22(27-28-31)18-6-5-7-20(15-18)30-12-10-29(4-2)11-13-30/h5-9,15-16H,3-4,10-14,17H2,1-2H3. The van der Waals surface area contributed by atoms with Crippen molar-refractivity contribution in [3.05, 3.63) is 59.0 Å². The van der Waals surface area contributed by atoms with Crippen LogP contribution in [0.1, 0.15) is 25.8 Å². The molecule has 34 heavy (non-hydrogen) atoms. The van der Waals surface area contributed by atoms with Crippen LogP contribution in [0.3, 0.4) is 0 Å². The molecular weight excluding hydrogens is 477 g/mol. The molecule has 0 N–H and O–H groups in total. The van der Waals surface area contributed by atoms with Crippen LogP contribution in [0.25, 0.3) is 16.9 Å².